The van der Waals surface area contributed by atoms with Gasteiger partial charge in [0.05, 0.1) is 30.3 Å². The molecule has 0 radical (unpaired) electrons. The van der Waals surface area contributed by atoms with Gasteiger partial charge in [-0.05, 0) is 5.41 Å². The lowest BCUT2D eigenvalue weighted by molar-refractivity contribution is -0.104. The van der Waals surface area contributed by atoms with E-state index in [4.69, 9.17) is 0 Å². The van der Waals surface area contributed by atoms with Crippen LogP contribution in [0.2, 0.25) is 0 Å². The van der Waals surface area contributed by atoms with Crippen LogP contribution in [0.4, 0.5) is 0 Å². The maximum atomic E-state index is 10.9. The summed E-state index contributed by atoms with van der Waals surface area (Å²) in [5, 5.41) is 1.96. The second-order valence-electron chi connectivity index (χ2n) is 3.69. The molecule has 1 nitrogen and oxygen atoms in total. The highest BCUT2D eigenvalue weighted by Crippen LogP contribution is 2.68. The van der Waals surface area contributed by atoms with Crippen molar-refractivity contribution in [3.8, 4) is 0 Å². The van der Waals surface area contributed by atoms with Crippen molar-refractivity contribution in [3.05, 3.63) is 35.7 Å². The van der Waals surface area contributed by atoms with Gasteiger partial charge >= 0.3 is 0 Å². The van der Waals surface area contributed by atoms with Gasteiger partial charge in [-0.3, -0.25) is 4.79 Å². The van der Waals surface area contributed by atoms with Crippen molar-refractivity contribution >= 4 is 100 Å². The van der Waals surface area contributed by atoms with E-state index < -0.39 is 0 Å². The predicted molar refractivity (Wildman–Crippen MR) is 106 cm³/mol. The standard InChI is InChI=1S/C11H6OS8/c12-3-5-4-15-8-9(16-5)20-11(19-8)10-17-6-7(18-10)14-2-1-13-6/h3-4H,1-2H2. The van der Waals surface area contributed by atoms with E-state index in [0.29, 0.717) is 0 Å². The maximum Gasteiger partial charge on any atom is 0.157 e. The summed E-state index contributed by atoms with van der Waals surface area (Å²) >= 11 is 14.9. The fraction of sp³-hybridized carbons (Fsp3) is 0.182. The number of hydrogen-bond acceptors (Lipinski definition) is 9. The summed E-state index contributed by atoms with van der Waals surface area (Å²) in [4.78, 5) is 11.7. The Morgan fingerprint density at radius 1 is 0.750 bits per heavy atom. The zero-order chi connectivity index (χ0) is 13.5. The van der Waals surface area contributed by atoms with Crippen molar-refractivity contribution < 1.29 is 4.79 Å². The monoisotopic (exact) mass is 410 g/mol. The van der Waals surface area contributed by atoms with Crippen molar-refractivity contribution in [3.63, 3.8) is 0 Å². The van der Waals surface area contributed by atoms with Gasteiger partial charge in [0.25, 0.3) is 0 Å². The van der Waals surface area contributed by atoms with Crippen molar-refractivity contribution in [1.29, 1.82) is 0 Å². The minimum absolute atomic E-state index is 0.823. The summed E-state index contributed by atoms with van der Waals surface area (Å²) in [5.41, 5.74) is 0. The van der Waals surface area contributed by atoms with E-state index in [-0.39, 0.29) is 0 Å². The second-order valence-corrected chi connectivity index (χ2v) is 13.5. The van der Waals surface area contributed by atoms with Gasteiger partial charge in [0, 0.05) is 11.5 Å². The zero-order valence-corrected chi connectivity index (χ0v) is 16.3. The average molecular weight is 411 g/mol. The topological polar surface area (TPSA) is 17.1 Å². The summed E-state index contributed by atoms with van der Waals surface area (Å²) in [7, 11) is 0. The maximum absolute atomic E-state index is 10.9. The molecule has 4 rings (SSSR count). The van der Waals surface area contributed by atoms with Gasteiger partial charge in [0.1, 0.15) is 0 Å². The largest absolute Gasteiger partial charge is 0.297 e. The molecule has 104 valence electrons. The fourth-order valence-corrected chi connectivity index (χ4v) is 13.2. The van der Waals surface area contributed by atoms with E-state index in [9.17, 15) is 4.79 Å². The highest BCUT2D eigenvalue weighted by molar-refractivity contribution is 8.46. The molecule has 4 aliphatic heterocycles. The lowest BCUT2D eigenvalue weighted by Gasteiger charge is -2.08. The Labute approximate surface area is 151 Å². The molecule has 0 atom stereocenters. The lowest BCUT2D eigenvalue weighted by atomic mass is 10.7. The van der Waals surface area contributed by atoms with Crippen LogP contribution >= 0.6 is 94.1 Å². The minimum atomic E-state index is 0.823. The highest BCUT2D eigenvalue weighted by Gasteiger charge is 2.33. The molecular formula is C11H6OS8. The van der Waals surface area contributed by atoms with Gasteiger partial charge in [-0.1, -0.05) is 70.6 Å². The van der Waals surface area contributed by atoms with Crippen molar-refractivity contribution in [1.82, 2.24) is 0 Å². The van der Waals surface area contributed by atoms with Crippen LogP contribution in [-0.4, -0.2) is 17.8 Å². The molecule has 0 fully saturated rings. The summed E-state index contributed by atoms with van der Waals surface area (Å²) in [5.74, 6) is 2.46. The highest BCUT2D eigenvalue weighted by atomic mass is 32.3. The molecule has 0 bridgehead atoms. The number of aldehydes is 1. The average Bonchev–Trinajstić information content (AvgIpc) is 3.09. The molecule has 20 heavy (non-hydrogen) atoms. The van der Waals surface area contributed by atoms with Crippen LogP contribution in [0.25, 0.3) is 0 Å². The Balaban J connectivity index is 1.51. The van der Waals surface area contributed by atoms with E-state index in [1.54, 1.807) is 23.5 Å². The van der Waals surface area contributed by atoms with Crippen LogP contribution in [0.1, 0.15) is 0 Å². The first-order valence-corrected chi connectivity index (χ1v) is 12.5. The Morgan fingerprint density at radius 2 is 1.30 bits per heavy atom. The summed E-state index contributed by atoms with van der Waals surface area (Å²) in [6, 6.07) is 0. The SMILES string of the molecule is O=CC1=CSC2=C(S1)SC(=C1SC3=C(SCCS3)S1)S2. The first kappa shape index (κ1) is 15.0. The molecular weight excluding hydrogens is 405 g/mol. The van der Waals surface area contributed by atoms with E-state index in [2.05, 4.69) is 0 Å². The van der Waals surface area contributed by atoms with Gasteiger partial charge < -0.3 is 0 Å². The van der Waals surface area contributed by atoms with Crippen LogP contribution in [0.15, 0.2) is 35.7 Å². The Morgan fingerprint density at radius 3 is 1.95 bits per heavy atom. The molecule has 0 aromatic carbocycles. The lowest BCUT2D eigenvalue weighted by Crippen LogP contribution is -1.88. The van der Waals surface area contributed by atoms with E-state index in [0.717, 1.165) is 11.2 Å². The van der Waals surface area contributed by atoms with Crippen molar-refractivity contribution in [2.24, 2.45) is 0 Å². The van der Waals surface area contributed by atoms with E-state index in [1.165, 1.54) is 36.9 Å². The molecule has 0 spiro atoms. The van der Waals surface area contributed by atoms with Crippen LogP contribution in [-0.2, 0) is 4.79 Å². The van der Waals surface area contributed by atoms with Gasteiger partial charge in [-0.25, -0.2) is 0 Å². The Bertz CT molecular complexity index is 594. The molecule has 4 aliphatic rings. The number of carbonyl (C=O) groups is 1. The van der Waals surface area contributed by atoms with Gasteiger partial charge in [0.15, 0.2) is 6.29 Å². The number of rotatable bonds is 1. The van der Waals surface area contributed by atoms with Gasteiger partial charge in [-0.2, -0.15) is 0 Å². The molecule has 0 aromatic heterocycles. The first-order valence-electron chi connectivity index (χ1n) is 5.53. The smallest absolute Gasteiger partial charge is 0.157 e. The van der Waals surface area contributed by atoms with Crippen LogP contribution in [0.3, 0.4) is 0 Å². The van der Waals surface area contributed by atoms with Crippen LogP contribution in [0, 0.1) is 0 Å². The van der Waals surface area contributed by atoms with Crippen LogP contribution in [0.5, 0.6) is 0 Å². The third kappa shape index (κ3) is 2.93. The number of hydrogen-bond donors (Lipinski definition) is 0. The van der Waals surface area contributed by atoms with Crippen molar-refractivity contribution in [2.75, 3.05) is 11.5 Å². The quantitative estimate of drug-likeness (QED) is 0.457. The number of carbonyl (C=O) groups excluding carboxylic acids is 1. The normalized spacial score (nSPS) is 25.9. The molecule has 9 heteroatoms. The fourth-order valence-electron chi connectivity index (χ4n) is 1.59. The van der Waals surface area contributed by atoms with Crippen molar-refractivity contribution in [2.45, 2.75) is 0 Å². The molecule has 0 aromatic rings. The molecule has 0 saturated heterocycles. The van der Waals surface area contributed by atoms with Gasteiger partial charge in [-0.15, -0.1) is 23.5 Å². The molecule has 0 aliphatic carbocycles. The first-order chi connectivity index (χ1) is 9.83. The Kier molecular flexibility index (Phi) is 4.88. The number of thioether (sulfide) groups is 8. The molecule has 0 unspecified atom stereocenters. The molecule has 0 amide bonds. The predicted octanol–water partition coefficient (Wildman–Crippen LogP) is 6.33. The molecule has 4 heterocycles. The summed E-state index contributed by atoms with van der Waals surface area (Å²) in [6.45, 7) is 0. The second kappa shape index (κ2) is 6.51. The van der Waals surface area contributed by atoms with E-state index >= 15 is 0 Å². The third-order valence-electron chi connectivity index (χ3n) is 2.40. The Hall–Kier alpha value is 1.43. The molecule has 0 N–H and O–H groups in total. The van der Waals surface area contributed by atoms with Gasteiger partial charge in [0.2, 0.25) is 0 Å². The summed E-state index contributed by atoms with van der Waals surface area (Å²) < 4.78 is 8.41. The third-order valence-corrected chi connectivity index (χ3v) is 14.1. The zero-order valence-electron chi connectivity index (χ0n) is 9.74. The minimum Gasteiger partial charge on any atom is -0.297 e. The summed E-state index contributed by atoms with van der Waals surface area (Å²) in [6.07, 6.45) is 0.949. The van der Waals surface area contributed by atoms with E-state index in [1.807, 2.05) is 76.0 Å². The van der Waals surface area contributed by atoms with Crippen LogP contribution < -0.4 is 0 Å². The number of allylic oxidation sites excluding steroid dienone is 1. The molecule has 0 saturated carbocycles.